The van der Waals surface area contributed by atoms with Crippen LogP contribution in [0.2, 0.25) is 0 Å². The van der Waals surface area contributed by atoms with Crippen LogP contribution in [0.1, 0.15) is 37.6 Å². The average Bonchev–Trinajstić information content (AvgIpc) is 2.24. The molecule has 1 atom stereocenters. The molecule has 0 saturated heterocycles. The van der Waals surface area contributed by atoms with Crippen molar-refractivity contribution >= 4 is 17.5 Å². The highest BCUT2D eigenvalue weighted by Crippen LogP contribution is 2.23. The normalized spacial score (nSPS) is 13.1. The Morgan fingerprint density at radius 3 is 2.39 bits per heavy atom. The molecule has 100 valence electrons. The molecule has 0 aliphatic heterocycles. The highest BCUT2D eigenvalue weighted by molar-refractivity contribution is 6.21. The molecule has 4 heteroatoms. The monoisotopic (exact) mass is 269 g/mol. The third kappa shape index (κ3) is 5.41. The van der Waals surface area contributed by atoms with Gasteiger partial charge in [-0.05, 0) is 36.1 Å². The predicted molar refractivity (Wildman–Crippen MR) is 74.2 cm³/mol. The second kappa shape index (κ2) is 6.10. The Labute approximate surface area is 113 Å². The van der Waals surface area contributed by atoms with Crippen molar-refractivity contribution in [3.05, 3.63) is 29.8 Å². The van der Waals surface area contributed by atoms with Gasteiger partial charge in [-0.25, -0.2) is 0 Å². The number of benzene rings is 1. The molecule has 0 aliphatic rings. The molecule has 0 saturated carbocycles. The molecular formula is C14H20ClNO2. The number of carbonyl (C=O) groups is 1. The molecule has 0 spiro atoms. The zero-order valence-corrected chi connectivity index (χ0v) is 11.8. The molecule has 1 amide bonds. The van der Waals surface area contributed by atoms with Gasteiger partial charge in [-0.3, -0.25) is 4.79 Å². The summed E-state index contributed by atoms with van der Waals surface area (Å²) in [5, 5.41) is 11.8. The van der Waals surface area contributed by atoms with Gasteiger partial charge in [0.15, 0.2) is 0 Å². The summed E-state index contributed by atoms with van der Waals surface area (Å²) in [5.74, 6) is -0.0240. The lowest BCUT2D eigenvalue weighted by molar-refractivity contribution is 0.0952. The fourth-order valence-electron chi connectivity index (χ4n) is 1.65. The zero-order valence-electron chi connectivity index (χ0n) is 11.0. The summed E-state index contributed by atoms with van der Waals surface area (Å²) in [7, 11) is 0. The van der Waals surface area contributed by atoms with Gasteiger partial charge in [0.1, 0.15) is 5.75 Å². The number of hydrogen-bond acceptors (Lipinski definition) is 2. The minimum atomic E-state index is -0.172. The number of carbonyl (C=O) groups excluding carboxylic acids is 1. The maximum absolute atomic E-state index is 11.8. The number of aromatic hydroxyl groups is 1. The molecule has 1 unspecified atom stereocenters. The molecule has 0 aromatic heterocycles. The number of alkyl halides is 1. The Kier molecular flexibility index (Phi) is 5.03. The Hall–Kier alpha value is -1.22. The molecule has 0 bridgehead atoms. The van der Waals surface area contributed by atoms with Gasteiger partial charge in [0.2, 0.25) is 0 Å². The summed E-state index contributed by atoms with van der Waals surface area (Å²) < 4.78 is 0. The molecule has 0 heterocycles. The second-order valence-corrected chi connectivity index (χ2v) is 6.24. The quantitative estimate of drug-likeness (QED) is 0.825. The van der Waals surface area contributed by atoms with Crippen molar-refractivity contribution in [2.24, 2.45) is 5.41 Å². The highest BCUT2D eigenvalue weighted by atomic mass is 35.5. The van der Waals surface area contributed by atoms with Crippen LogP contribution in [-0.2, 0) is 0 Å². The van der Waals surface area contributed by atoms with E-state index < -0.39 is 0 Å². The van der Waals surface area contributed by atoms with Crippen LogP contribution in [0, 0.1) is 5.41 Å². The standard InChI is InChI=1S/C14H20ClNO2/c1-14(2,3)8-11(15)9-16-13(18)10-4-6-12(17)7-5-10/h4-7,11,17H,8-9H2,1-3H3,(H,16,18). The number of halogens is 1. The van der Waals surface area contributed by atoms with Crippen LogP contribution >= 0.6 is 11.6 Å². The third-order valence-electron chi connectivity index (χ3n) is 2.45. The van der Waals surface area contributed by atoms with Gasteiger partial charge in [-0.2, -0.15) is 0 Å². The highest BCUT2D eigenvalue weighted by Gasteiger charge is 2.17. The van der Waals surface area contributed by atoms with Crippen molar-refractivity contribution in [1.29, 1.82) is 0 Å². The van der Waals surface area contributed by atoms with Gasteiger partial charge in [-0.1, -0.05) is 20.8 Å². The molecule has 0 fully saturated rings. The largest absolute Gasteiger partial charge is 0.508 e. The summed E-state index contributed by atoms with van der Waals surface area (Å²) in [6, 6.07) is 6.14. The lowest BCUT2D eigenvalue weighted by atomic mass is 9.90. The van der Waals surface area contributed by atoms with Crippen LogP contribution in [0.25, 0.3) is 0 Å². The van der Waals surface area contributed by atoms with Crippen LogP contribution in [0.5, 0.6) is 5.75 Å². The molecule has 3 nitrogen and oxygen atoms in total. The minimum absolute atomic E-state index is 0.0777. The van der Waals surface area contributed by atoms with E-state index in [4.69, 9.17) is 16.7 Å². The Morgan fingerprint density at radius 1 is 1.33 bits per heavy atom. The molecule has 2 N–H and O–H groups in total. The SMILES string of the molecule is CC(C)(C)CC(Cl)CNC(=O)c1ccc(O)cc1. The second-order valence-electron chi connectivity index (χ2n) is 5.62. The van der Waals surface area contributed by atoms with Crippen molar-refractivity contribution < 1.29 is 9.90 Å². The molecule has 1 aromatic rings. The van der Waals surface area contributed by atoms with Crippen molar-refractivity contribution in [2.75, 3.05) is 6.54 Å². The van der Waals surface area contributed by atoms with E-state index in [1.54, 1.807) is 12.1 Å². The fourth-order valence-corrected chi connectivity index (χ4v) is 2.20. The lowest BCUT2D eigenvalue weighted by Crippen LogP contribution is -2.31. The van der Waals surface area contributed by atoms with E-state index in [0.29, 0.717) is 12.1 Å². The zero-order chi connectivity index (χ0) is 13.8. The van der Waals surface area contributed by atoms with E-state index in [0.717, 1.165) is 6.42 Å². The average molecular weight is 270 g/mol. The Balaban J connectivity index is 2.44. The van der Waals surface area contributed by atoms with Gasteiger partial charge in [0.05, 0.1) is 5.38 Å². The van der Waals surface area contributed by atoms with Gasteiger partial charge in [-0.15, -0.1) is 11.6 Å². The number of rotatable bonds is 4. The molecule has 18 heavy (non-hydrogen) atoms. The fraction of sp³-hybridized carbons (Fsp3) is 0.500. The van der Waals surface area contributed by atoms with E-state index in [1.165, 1.54) is 12.1 Å². The number of amides is 1. The van der Waals surface area contributed by atoms with Crippen molar-refractivity contribution in [3.8, 4) is 5.75 Å². The topological polar surface area (TPSA) is 49.3 Å². The van der Waals surface area contributed by atoms with E-state index in [9.17, 15) is 4.79 Å². The summed E-state index contributed by atoms with van der Waals surface area (Å²) in [5.41, 5.74) is 0.669. The van der Waals surface area contributed by atoms with Gasteiger partial charge in [0, 0.05) is 12.1 Å². The molecule has 1 aromatic carbocycles. The first-order valence-electron chi connectivity index (χ1n) is 5.99. The number of nitrogens with one attached hydrogen (secondary N) is 1. The van der Waals surface area contributed by atoms with Gasteiger partial charge >= 0.3 is 0 Å². The first-order valence-corrected chi connectivity index (χ1v) is 6.43. The number of phenolic OH excluding ortho intramolecular Hbond substituents is 1. The molecule has 0 radical (unpaired) electrons. The van der Waals surface area contributed by atoms with Crippen LogP contribution in [0.4, 0.5) is 0 Å². The maximum Gasteiger partial charge on any atom is 0.251 e. The first kappa shape index (κ1) is 14.8. The summed E-state index contributed by atoms with van der Waals surface area (Å²) in [6.45, 7) is 6.79. The van der Waals surface area contributed by atoms with Crippen LogP contribution in [0.3, 0.4) is 0 Å². The smallest absolute Gasteiger partial charge is 0.251 e. The van der Waals surface area contributed by atoms with Crippen LogP contribution < -0.4 is 5.32 Å². The molecular weight excluding hydrogens is 250 g/mol. The summed E-state index contributed by atoms with van der Waals surface area (Å²) >= 11 is 6.17. The summed E-state index contributed by atoms with van der Waals surface area (Å²) in [4.78, 5) is 11.8. The minimum Gasteiger partial charge on any atom is -0.508 e. The van der Waals surface area contributed by atoms with Crippen LogP contribution in [-0.4, -0.2) is 22.9 Å². The Bertz CT molecular complexity index is 395. The number of hydrogen-bond donors (Lipinski definition) is 2. The van der Waals surface area contributed by atoms with Crippen LogP contribution in [0.15, 0.2) is 24.3 Å². The van der Waals surface area contributed by atoms with E-state index in [1.807, 2.05) is 0 Å². The summed E-state index contributed by atoms with van der Waals surface area (Å²) in [6.07, 6.45) is 0.838. The van der Waals surface area contributed by atoms with Crippen molar-refractivity contribution in [2.45, 2.75) is 32.6 Å². The number of phenols is 1. The predicted octanol–water partition coefficient (Wildman–Crippen LogP) is 3.17. The van der Waals surface area contributed by atoms with E-state index >= 15 is 0 Å². The Morgan fingerprint density at radius 2 is 1.89 bits per heavy atom. The van der Waals surface area contributed by atoms with Gasteiger partial charge in [0.25, 0.3) is 5.91 Å². The third-order valence-corrected chi connectivity index (χ3v) is 2.76. The van der Waals surface area contributed by atoms with Crippen molar-refractivity contribution in [3.63, 3.8) is 0 Å². The maximum atomic E-state index is 11.8. The first-order chi connectivity index (χ1) is 8.28. The lowest BCUT2D eigenvalue weighted by Gasteiger charge is -2.21. The van der Waals surface area contributed by atoms with Crippen molar-refractivity contribution in [1.82, 2.24) is 5.32 Å². The molecule has 1 rings (SSSR count). The van der Waals surface area contributed by atoms with E-state index in [2.05, 4.69) is 26.1 Å². The molecule has 0 aliphatic carbocycles. The van der Waals surface area contributed by atoms with Gasteiger partial charge < -0.3 is 10.4 Å². The van der Waals surface area contributed by atoms with E-state index in [-0.39, 0.29) is 22.4 Å².